The molecule has 2 aromatic rings. The van der Waals surface area contributed by atoms with Crippen LogP contribution in [-0.4, -0.2) is 59.6 Å². The fourth-order valence-corrected chi connectivity index (χ4v) is 2.94. The zero-order valence-electron chi connectivity index (χ0n) is 14.9. The third kappa shape index (κ3) is 4.88. The number of amides is 1. The molecule has 0 bridgehead atoms. The molecular weight excluding hydrogens is 356 g/mol. The van der Waals surface area contributed by atoms with Gasteiger partial charge >= 0.3 is 6.61 Å². The largest absolute Gasteiger partial charge is 0.433 e. The van der Waals surface area contributed by atoms with Gasteiger partial charge in [-0.1, -0.05) is 12.1 Å². The van der Waals surface area contributed by atoms with Crippen molar-refractivity contribution in [1.82, 2.24) is 14.9 Å². The van der Waals surface area contributed by atoms with Gasteiger partial charge in [-0.2, -0.15) is 8.78 Å². The summed E-state index contributed by atoms with van der Waals surface area (Å²) < 4.78 is 29.5. The Morgan fingerprint density at radius 2 is 1.78 bits per heavy atom. The van der Waals surface area contributed by atoms with E-state index in [-0.39, 0.29) is 17.3 Å². The average molecular weight is 377 g/mol. The van der Waals surface area contributed by atoms with Crippen molar-refractivity contribution in [1.29, 1.82) is 0 Å². The molecule has 0 saturated carbocycles. The number of nitrogens with zero attached hydrogens (tertiary/aromatic N) is 4. The van der Waals surface area contributed by atoms with E-state index in [0.717, 1.165) is 0 Å². The van der Waals surface area contributed by atoms with Crippen molar-refractivity contribution in [2.24, 2.45) is 0 Å². The smallest absolute Gasteiger partial charge is 0.387 e. The molecule has 1 aliphatic rings. The Balaban J connectivity index is 1.57. The number of alkyl halides is 2. The average Bonchev–Trinajstić information content (AvgIpc) is 2.69. The van der Waals surface area contributed by atoms with E-state index in [1.165, 1.54) is 12.1 Å². The Hall–Kier alpha value is -2.81. The molecule has 1 saturated heterocycles. The van der Waals surface area contributed by atoms with Crippen LogP contribution in [0, 0.1) is 0 Å². The molecule has 27 heavy (non-hydrogen) atoms. The molecule has 0 aliphatic carbocycles. The van der Waals surface area contributed by atoms with E-state index in [4.69, 9.17) is 0 Å². The highest BCUT2D eigenvalue weighted by molar-refractivity contribution is 5.95. The first-order valence-corrected chi connectivity index (χ1v) is 8.65. The van der Waals surface area contributed by atoms with Crippen molar-refractivity contribution in [2.45, 2.75) is 19.6 Å². The van der Waals surface area contributed by atoms with E-state index in [2.05, 4.69) is 24.9 Å². The maximum absolute atomic E-state index is 12.6. The van der Waals surface area contributed by atoms with Gasteiger partial charge in [0.25, 0.3) is 0 Å². The Morgan fingerprint density at radius 3 is 2.44 bits per heavy atom. The molecule has 1 aromatic heterocycles. The van der Waals surface area contributed by atoms with E-state index in [1.54, 1.807) is 37.5 Å². The summed E-state index contributed by atoms with van der Waals surface area (Å²) in [5.74, 6) is 0.344. The van der Waals surface area contributed by atoms with Gasteiger partial charge in [0.15, 0.2) is 0 Å². The van der Waals surface area contributed by atoms with Crippen LogP contribution in [0.15, 0.2) is 42.7 Å². The fourth-order valence-electron chi connectivity index (χ4n) is 2.94. The lowest BCUT2D eigenvalue weighted by molar-refractivity contribution is -0.120. The number of rotatable bonds is 6. The molecule has 1 atom stereocenters. The molecule has 7 nitrogen and oxygen atoms in total. The second-order valence-corrected chi connectivity index (χ2v) is 6.11. The first-order valence-electron chi connectivity index (χ1n) is 8.65. The van der Waals surface area contributed by atoms with Crippen LogP contribution >= 0.6 is 0 Å². The monoisotopic (exact) mass is 377 g/mol. The number of aromatic nitrogens is 2. The summed E-state index contributed by atoms with van der Waals surface area (Å²) in [6.45, 7) is 1.58. The van der Waals surface area contributed by atoms with E-state index in [9.17, 15) is 13.6 Å². The zero-order valence-corrected chi connectivity index (χ0v) is 14.9. The lowest BCUT2D eigenvalue weighted by Crippen LogP contribution is -2.53. The number of hydrogen-bond acceptors (Lipinski definition) is 6. The predicted molar refractivity (Wildman–Crippen MR) is 97.0 cm³/mol. The highest BCUT2D eigenvalue weighted by Gasteiger charge is 2.27. The maximum Gasteiger partial charge on any atom is 0.387 e. The van der Waals surface area contributed by atoms with Gasteiger partial charge in [-0.25, -0.2) is 9.97 Å². The van der Waals surface area contributed by atoms with Crippen molar-refractivity contribution in [3.05, 3.63) is 42.7 Å². The minimum absolute atomic E-state index is 0.0564. The Morgan fingerprint density at radius 1 is 1.11 bits per heavy atom. The summed E-state index contributed by atoms with van der Waals surface area (Å²) in [5, 5.41) is 2.68. The molecule has 9 heteroatoms. The highest BCUT2D eigenvalue weighted by Crippen LogP contribution is 2.26. The van der Waals surface area contributed by atoms with Crippen molar-refractivity contribution < 1.29 is 18.3 Å². The summed E-state index contributed by atoms with van der Waals surface area (Å²) >= 11 is 0. The van der Waals surface area contributed by atoms with Crippen LogP contribution in [-0.2, 0) is 4.79 Å². The molecule has 3 rings (SSSR count). The predicted octanol–water partition coefficient (Wildman–Crippen LogP) is 2.23. The van der Waals surface area contributed by atoms with Crippen LogP contribution < -0.4 is 15.0 Å². The van der Waals surface area contributed by atoms with Gasteiger partial charge in [0.05, 0.1) is 11.7 Å². The van der Waals surface area contributed by atoms with Gasteiger partial charge < -0.3 is 15.0 Å². The summed E-state index contributed by atoms with van der Waals surface area (Å²) in [4.78, 5) is 25.1. The number of para-hydroxylation sites is 2. The third-order valence-electron chi connectivity index (χ3n) is 4.44. The molecule has 1 amide bonds. The lowest BCUT2D eigenvalue weighted by atomic mass is 10.2. The zero-order chi connectivity index (χ0) is 19.2. The molecule has 144 valence electrons. The first-order chi connectivity index (χ1) is 13.0. The van der Waals surface area contributed by atoms with Crippen molar-refractivity contribution in [3.63, 3.8) is 0 Å². The molecule has 1 fully saturated rings. The molecular formula is C18H21F2N5O2. The van der Waals surface area contributed by atoms with Crippen LogP contribution in [0.1, 0.15) is 6.92 Å². The normalized spacial score (nSPS) is 16.2. The van der Waals surface area contributed by atoms with Gasteiger partial charge in [-0.15, -0.1) is 0 Å². The summed E-state index contributed by atoms with van der Waals surface area (Å²) in [6.07, 6.45) is 3.40. The number of ether oxygens (including phenoxy) is 1. The Labute approximate surface area is 156 Å². The van der Waals surface area contributed by atoms with Crippen LogP contribution in [0.25, 0.3) is 0 Å². The van der Waals surface area contributed by atoms with Crippen LogP contribution in [0.3, 0.4) is 0 Å². The fraction of sp³-hybridized carbons (Fsp3) is 0.389. The summed E-state index contributed by atoms with van der Waals surface area (Å²) in [5.41, 5.74) is 0.228. The van der Waals surface area contributed by atoms with E-state index in [0.29, 0.717) is 32.1 Å². The first kappa shape index (κ1) is 19.0. The maximum atomic E-state index is 12.6. The molecule has 1 aliphatic heterocycles. The van der Waals surface area contributed by atoms with E-state index < -0.39 is 12.7 Å². The van der Waals surface area contributed by atoms with Crippen molar-refractivity contribution >= 4 is 17.5 Å². The minimum atomic E-state index is -2.95. The van der Waals surface area contributed by atoms with Crippen LogP contribution in [0.5, 0.6) is 5.75 Å². The molecule has 0 spiro atoms. The SMILES string of the molecule is C[C@H](C(=O)Nc1ccccc1OC(F)F)N1CCN(c2ncccn2)CC1. The van der Waals surface area contributed by atoms with E-state index in [1.807, 2.05) is 4.90 Å². The number of piperazine rings is 1. The second kappa shape index (κ2) is 8.72. The topological polar surface area (TPSA) is 70.6 Å². The molecule has 0 radical (unpaired) electrons. The van der Waals surface area contributed by atoms with Gasteiger partial charge in [0, 0.05) is 38.6 Å². The lowest BCUT2D eigenvalue weighted by Gasteiger charge is -2.37. The standard InChI is InChI=1S/C18H21F2N5O2/c1-13(16(26)23-14-5-2-3-6-15(14)27-17(19)20)24-9-11-25(12-10-24)18-21-7-4-8-22-18/h2-8,13,17H,9-12H2,1H3,(H,23,26)/t13-/m1/s1. The van der Waals surface area contributed by atoms with Crippen molar-refractivity contribution in [3.8, 4) is 5.75 Å². The summed E-state index contributed by atoms with van der Waals surface area (Å²) in [6, 6.07) is 7.50. The van der Waals surface area contributed by atoms with Crippen molar-refractivity contribution in [2.75, 3.05) is 36.4 Å². The number of carbonyl (C=O) groups is 1. The van der Waals surface area contributed by atoms with Gasteiger partial charge in [0.2, 0.25) is 11.9 Å². The molecule has 1 N–H and O–H groups in total. The number of halogens is 2. The third-order valence-corrected chi connectivity index (χ3v) is 4.44. The highest BCUT2D eigenvalue weighted by atomic mass is 19.3. The minimum Gasteiger partial charge on any atom is -0.433 e. The second-order valence-electron chi connectivity index (χ2n) is 6.11. The number of nitrogens with one attached hydrogen (secondary N) is 1. The Bertz CT molecular complexity index is 754. The number of hydrogen-bond donors (Lipinski definition) is 1. The number of anilines is 2. The molecule has 1 aromatic carbocycles. The van der Waals surface area contributed by atoms with Gasteiger partial charge in [-0.05, 0) is 25.1 Å². The van der Waals surface area contributed by atoms with Crippen LogP contribution in [0.4, 0.5) is 20.4 Å². The van der Waals surface area contributed by atoms with E-state index >= 15 is 0 Å². The Kier molecular flexibility index (Phi) is 6.12. The molecule has 0 unspecified atom stereocenters. The summed E-state index contributed by atoms with van der Waals surface area (Å²) in [7, 11) is 0. The quantitative estimate of drug-likeness (QED) is 0.833. The van der Waals surface area contributed by atoms with Gasteiger partial charge in [0.1, 0.15) is 5.75 Å². The number of benzene rings is 1. The number of carbonyl (C=O) groups excluding carboxylic acids is 1. The van der Waals surface area contributed by atoms with Gasteiger partial charge in [-0.3, -0.25) is 9.69 Å². The van der Waals surface area contributed by atoms with Crippen LogP contribution in [0.2, 0.25) is 0 Å². The molecule has 2 heterocycles.